The number of nitrogens with zero attached hydrogens (tertiary/aromatic N) is 2. The molecule has 3 fully saturated rings. The number of ether oxygens (including phenoxy) is 2. The molecule has 11 nitrogen and oxygen atoms in total. The van der Waals surface area contributed by atoms with Crippen molar-refractivity contribution in [3.63, 3.8) is 0 Å². The summed E-state index contributed by atoms with van der Waals surface area (Å²) in [6, 6.07) is 12.8. The zero-order valence-electron chi connectivity index (χ0n) is 28.5. The predicted molar refractivity (Wildman–Crippen MR) is 176 cm³/mol. The quantitative estimate of drug-likeness (QED) is 0.225. The SMILES string of the molecule is Cc1ccc([C@]23OC[C@](C(C)(C)O)(O2)[C@@H](O)[C@H](O)[C@H]3O)cc1Cc1ccc(CCCC(=O)N2CC(F)CC2C(=O)NCCN(C)C)cc1. The zero-order valence-corrected chi connectivity index (χ0v) is 28.5. The van der Waals surface area contributed by atoms with E-state index < -0.39 is 47.5 Å². The summed E-state index contributed by atoms with van der Waals surface area (Å²) in [7, 11) is 3.80. The fourth-order valence-corrected chi connectivity index (χ4v) is 7.02. The number of alkyl halides is 1. The van der Waals surface area contributed by atoms with Crippen molar-refractivity contribution in [2.24, 2.45) is 0 Å². The number of amides is 2. The Hall–Kier alpha value is -2.97. The van der Waals surface area contributed by atoms with Gasteiger partial charge in [-0.2, -0.15) is 0 Å². The summed E-state index contributed by atoms with van der Waals surface area (Å²) >= 11 is 0. The Balaban J connectivity index is 1.20. The number of fused-ring (bicyclic) bond motifs is 2. The number of likely N-dealkylation sites (tertiary alicyclic amines) is 1. The lowest BCUT2D eigenvalue weighted by molar-refractivity contribution is -0.348. The average Bonchev–Trinajstić information content (AvgIpc) is 3.63. The maximum Gasteiger partial charge on any atom is 0.242 e. The minimum absolute atomic E-state index is 0.0255. The number of carbonyl (C=O) groups is 2. The fourth-order valence-electron chi connectivity index (χ4n) is 7.02. The monoisotopic (exact) mass is 671 g/mol. The highest BCUT2D eigenvalue weighted by Gasteiger charge is 2.71. The van der Waals surface area contributed by atoms with Crippen LogP contribution in [-0.2, 0) is 37.7 Å². The van der Waals surface area contributed by atoms with Gasteiger partial charge in [0.2, 0.25) is 17.6 Å². The van der Waals surface area contributed by atoms with Crippen molar-refractivity contribution in [1.82, 2.24) is 15.1 Å². The third kappa shape index (κ3) is 7.02. The third-order valence-corrected chi connectivity index (χ3v) is 10.1. The van der Waals surface area contributed by atoms with Crippen molar-refractivity contribution in [3.8, 4) is 0 Å². The van der Waals surface area contributed by atoms with Gasteiger partial charge >= 0.3 is 0 Å². The Kier molecular flexibility index (Phi) is 10.7. The number of rotatable bonds is 12. The predicted octanol–water partition coefficient (Wildman–Crippen LogP) is 1.33. The van der Waals surface area contributed by atoms with Gasteiger partial charge < -0.3 is 45.0 Å². The van der Waals surface area contributed by atoms with Crippen LogP contribution < -0.4 is 5.32 Å². The highest BCUT2D eigenvalue weighted by atomic mass is 19.1. The first-order chi connectivity index (χ1) is 22.6. The Bertz CT molecular complexity index is 1470. The lowest BCUT2D eigenvalue weighted by Crippen LogP contribution is -2.70. The molecule has 5 rings (SSSR count). The summed E-state index contributed by atoms with van der Waals surface area (Å²) in [5.74, 6) is -2.29. The number of benzene rings is 2. The molecule has 12 heteroatoms. The molecule has 2 bridgehead atoms. The standard InChI is InChI=1S/C36H50FN3O8/c1-22-9-14-26(36-32(44)30(42)31(43)35(48-36,21-47-36)34(2,3)46)18-25(22)17-24-12-10-23(11-13-24)7-6-8-29(41)40-20-27(37)19-28(40)33(45)38-15-16-39(4)5/h9-14,18,27-28,30-32,42-44,46H,6-8,15-17,19-21H2,1-5H3,(H,38,45)/t27?,28?,30-,31-,32+,35-,36-/m0/s1. The number of carbonyl (C=O) groups excluding carboxylic acids is 2. The van der Waals surface area contributed by atoms with Gasteiger partial charge in [-0.1, -0.05) is 36.4 Å². The van der Waals surface area contributed by atoms with E-state index in [4.69, 9.17) is 9.47 Å². The van der Waals surface area contributed by atoms with Gasteiger partial charge in [-0.15, -0.1) is 0 Å². The van der Waals surface area contributed by atoms with Crippen molar-refractivity contribution < 1.29 is 43.9 Å². The topological polar surface area (TPSA) is 152 Å². The van der Waals surface area contributed by atoms with E-state index in [1.54, 1.807) is 6.07 Å². The van der Waals surface area contributed by atoms with E-state index in [2.05, 4.69) is 5.32 Å². The number of aliphatic hydroxyl groups excluding tert-OH is 3. The average molecular weight is 672 g/mol. The molecule has 264 valence electrons. The Morgan fingerprint density at radius 1 is 1.08 bits per heavy atom. The molecule has 2 aromatic carbocycles. The molecule has 5 N–H and O–H groups in total. The second kappa shape index (κ2) is 14.1. The molecule has 7 atom stereocenters. The number of likely N-dealkylation sites (N-methyl/N-ethyl adjacent to an activating group) is 1. The molecule has 0 aromatic heterocycles. The zero-order chi connectivity index (χ0) is 35.0. The van der Waals surface area contributed by atoms with Crippen LogP contribution in [0.25, 0.3) is 0 Å². The molecule has 2 unspecified atom stereocenters. The van der Waals surface area contributed by atoms with Gasteiger partial charge in [0.25, 0.3) is 0 Å². The first kappa shape index (κ1) is 36.3. The molecular weight excluding hydrogens is 621 g/mol. The minimum Gasteiger partial charge on any atom is -0.387 e. The van der Waals surface area contributed by atoms with E-state index in [1.165, 1.54) is 18.7 Å². The van der Waals surface area contributed by atoms with E-state index in [0.717, 1.165) is 22.3 Å². The Labute approximate surface area is 281 Å². The molecule has 0 aliphatic carbocycles. The molecule has 0 saturated carbocycles. The van der Waals surface area contributed by atoms with Crippen LogP contribution in [0.1, 0.15) is 60.9 Å². The van der Waals surface area contributed by atoms with Gasteiger partial charge in [-0.3, -0.25) is 9.59 Å². The van der Waals surface area contributed by atoms with E-state index in [1.807, 2.05) is 62.3 Å². The highest BCUT2D eigenvalue weighted by molar-refractivity contribution is 5.88. The van der Waals surface area contributed by atoms with Crippen LogP contribution in [-0.4, -0.2) is 124 Å². The summed E-state index contributed by atoms with van der Waals surface area (Å²) in [5.41, 5.74) is 1.28. The van der Waals surface area contributed by atoms with Crippen LogP contribution in [0.4, 0.5) is 4.39 Å². The summed E-state index contributed by atoms with van der Waals surface area (Å²) < 4.78 is 26.4. The molecule has 3 heterocycles. The second-order valence-corrected chi connectivity index (χ2v) is 14.4. The number of aryl methyl sites for hydroxylation is 2. The molecule has 0 spiro atoms. The van der Waals surface area contributed by atoms with Crippen LogP contribution in [0, 0.1) is 6.92 Å². The van der Waals surface area contributed by atoms with Gasteiger partial charge in [0.05, 0.1) is 18.8 Å². The first-order valence-electron chi connectivity index (χ1n) is 16.7. The van der Waals surface area contributed by atoms with Crippen molar-refractivity contribution in [2.75, 3.05) is 40.3 Å². The summed E-state index contributed by atoms with van der Waals surface area (Å²) in [4.78, 5) is 28.9. The van der Waals surface area contributed by atoms with Gasteiger partial charge in [0, 0.05) is 31.5 Å². The molecule has 3 saturated heterocycles. The van der Waals surface area contributed by atoms with Crippen LogP contribution in [0.2, 0.25) is 0 Å². The van der Waals surface area contributed by atoms with Gasteiger partial charge in [-0.05, 0) is 82.4 Å². The smallest absolute Gasteiger partial charge is 0.242 e. The Morgan fingerprint density at radius 3 is 2.44 bits per heavy atom. The van der Waals surface area contributed by atoms with E-state index in [-0.39, 0.29) is 37.8 Å². The molecule has 48 heavy (non-hydrogen) atoms. The number of aliphatic hydroxyl groups is 4. The lowest BCUT2D eigenvalue weighted by atomic mass is 9.75. The van der Waals surface area contributed by atoms with Gasteiger partial charge in [-0.25, -0.2) is 4.39 Å². The van der Waals surface area contributed by atoms with Gasteiger partial charge in [0.15, 0.2) is 5.60 Å². The molecular formula is C36H50FN3O8. The summed E-state index contributed by atoms with van der Waals surface area (Å²) in [6.07, 6.45) is -3.93. The largest absolute Gasteiger partial charge is 0.387 e. The number of hydrogen-bond donors (Lipinski definition) is 5. The van der Waals surface area contributed by atoms with Crippen molar-refractivity contribution in [2.45, 2.75) is 100 Å². The maximum atomic E-state index is 14.2. The van der Waals surface area contributed by atoms with E-state index in [9.17, 15) is 34.4 Å². The number of hydrogen-bond acceptors (Lipinski definition) is 9. The third-order valence-electron chi connectivity index (χ3n) is 10.1. The summed E-state index contributed by atoms with van der Waals surface area (Å²) in [6.45, 7) is 5.74. The molecule has 3 aliphatic heterocycles. The first-order valence-corrected chi connectivity index (χ1v) is 16.7. The summed E-state index contributed by atoms with van der Waals surface area (Å²) in [5, 5.41) is 46.3. The normalized spacial score (nSPS) is 30.2. The minimum atomic E-state index is -1.77. The molecule has 3 aliphatic rings. The van der Waals surface area contributed by atoms with Crippen LogP contribution in [0.15, 0.2) is 42.5 Å². The van der Waals surface area contributed by atoms with E-state index in [0.29, 0.717) is 37.9 Å². The number of halogens is 1. The van der Waals surface area contributed by atoms with Crippen molar-refractivity contribution in [1.29, 1.82) is 0 Å². The van der Waals surface area contributed by atoms with Crippen LogP contribution >= 0.6 is 0 Å². The van der Waals surface area contributed by atoms with Crippen molar-refractivity contribution in [3.05, 3.63) is 70.3 Å². The number of nitrogens with one attached hydrogen (secondary N) is 1. The van der Waals surface area contributed by atoms with Crippen LogP contribution in [0.3, 0.4) is 0 Å². The van der Waals surface area contributed by atoms with Crippen LogP contribution in [0.5, 0.6) is 0 Å². The fraction of sp³-hybridized carbons (Fsp3) is 0.611. The van der Waals surface area contributed by atoms with Crippen molar-refractivity contribution >= 4 is 11.8 Å². The molecule has 2 aromatic rings. The Morgan fingerprint density at radius 2 is 1.77 bits per heavy atom. The highest BCUT2D eigenvalue weighted by Crippen LogP contribution is 2.53. The second-order valence-electron chi connectivity index (χ2n) is 14.4. The van der Waals surface area contributed by atoms with E-state index >= 15 is 0 Å². The van der Waals surface area contributed by atoms with Gasteiger partial charge in [0.1, 0.15) is 30.5 Å². The maximum absolute atomic E-state index is 14.2. The lowest BCUT2D eigenvalue weighted by Gasteiger charge is -2.50. The molecule has 2 amide bonds. The molecule has 0 radical (unpaired) electrons.